The van der Waals surface area contributed by atoms with E-state index in [1.807, 2.05) is 0 Å². The summed E-state index contributed by atoms with van der Waals surface area (Å²) in [7, 11) is -5.59. The van der Waals surface area contributed by atoms with Crippen molar-refractivity contribution in [3.63, 3.8) is 0 Å². The summed E-state index contributed by atoms with van der Waals surface area (Å²) in [6.45, 7) is -0.935. The van der Waals surface area contributed by atoms with E-state index in [1.165, 1.54) is 0 Å². The fourth-order valence-corrected chi connectivity index (χ4v) is 5.45. The largest absolute Gasteiger partial charge is 0.458 e. The number of rotatable bonds is 4. The second-order valence-corrected chi connectivity index (χ2v) is 9.10. The van der Waals surface area contributed by atoms with Gasteiger partial charge in [0.15, 0.2) is 6.61 Å². The van der Waals surface area contributed by atoms with Crippen molar-refractivity contribution in [2.24, 2.45) is 23.2 Å². The lowest BCUT2D eigenvalue weighted by atomic mass is 9.46. The van der Waals surface area contributed by atoms with Crippen LogP contribution >= 0.6 is 0 Å². The van der Waals surface area contributed by atoms with Gasteiger partial charge in [0.2, 0.25) is 0 Å². The van der Waals surface area contributed by atoms with Gasteiger partial charge in [-0.2, -0.15) is 17.2 Å². The fraction of sp³-hybridized carbons (Fsp3) is 0.929. The molecular formula is C14H18F2O6S. The third kappa shape index (κ3) is 2.16. The quantitative estimate of drug-likeness (QED) is 0.469. The molecule has 1 saturated heterocycles. The Kier molecular flexibility index (Phi) is 3.02. The number of carbonyl (C=O) groups is 1. The number of epoxide rings is 1. The molecule has 2 atom stereocenters. The Labute approximate surface area is 132 Å². The van der Waals surface area contributed by atoms with Gasteiger partial charge in [-0.15, -0.1) is 0 Å². The molecule has 23 heavy (non-hydrogen) atoms. The third-order valence-corrected chi connectivity index (χ3v) is 7.10. The summed E-state index contributed by atoms with van der Waals surface area (Å²) >= 11 is 0. The van der Waals surface area contributed by atoms with E-state index >= 15 is 0 Å². The van der Waals surface area contributed by atoms with Crippen LogP contribution in [0.1, 0.15) is 32.1 Å². The average Bonchev–Trinajstić information content (AvgIpc) is 3.22. The van der Waals surface area contributed by atoms with Crippen molar-refractivity contribution >= 4 is 16.1 Å². The van der Waals surface area contributed by atoms with Gasteiger partial charge in [0, 0.05) is 0 Å². The summed E-state index contributed by atoms with van der Waals surface area (Å²) in [5.74, 6) is 0.111. The maximum atomic E-state index is 13.3. The van der Waals surface area contributed by atoms with Crippen LogP contribution in [-0.2, 0) is 24.4 Å². The van der Waals surface area contributed by atoms with Crippen LogP contribution in [0.3, 0.4) is 0 Å². The number of esters is 1. The van der Waals surface area contributed by atoms with Crippen molar-refractivity contribution in [3.05, 3.63) is 0 Å². The molecule has 5 fully saturated rings. The molecule has 1 heterocycles. The number of hydrogen-bond donors (Lipinski definition) is 1. The molecule has 0 radical (unpaired) electrons. The van der Waals surface area contributed by atoms with E-state index in [1.54, 1.807) is 0 Å². The van der Waals surface area contributed by atoms with Crippen LogP contribution in [0.2, 0.25) is 0 Å². The van der Waals surface area contributed by atoms with Crippen LogP contribution in [0.4, 0.5) is 8.78 Å². The fourth-order valence-electron chi connectivity index (χ4n) is 5.24. The molecule has 130 valence electrons. The Hall–Kier alpha value is -0.800. The average molecular weight is 352 g/mol. The third-order valence-electron chi connectivity index (χ3n) is 6.23. The molecule has 1 N–H and O–H groups in total. The maximum absolute atomic E-state index is 13.3. The lowest BCUT2D eigenvalue weighted by molar-refractivity contribution is -0.183. The minimum atomic E-state index is -5.59. The van der Waals surface area contributed by atoms with Crippen molar-refractivity contribution in [2.75, 3.05) is 13.2 Å². The topological polar surface area (TPSA) is 93.2 Å². The number of halogens is 2. The first-order valence-corrected chi connectivity index (χ1v) is 9.18. The molecule has 4 aliphatic carbocycles. The van der Waals surface area contributed by atoms with Gasteiger partial charge in [-0.1, -0.05) is 0 Å². The molecule has 4 saturated carbocycles. The molecule has 6 nitrogen and oxygen atoms in total. The number of alkyl halides is 2. The first-order chi connectivity index (χ1) is 10.6. The number of ether oxygens (including phenoxy) is 2. The smallest absolute Gasteiger partial charge is 0.402 e. The van der Waals surface area contributed by atoms with Gasteiger partial charge in [-0.3, -0.25) is 9.35 Å². The van der Waals surface area contributed by atoms with Crippen LogP contribution in [0.25, 0.3) is 0 Å². The molecule has 1 aliphatic heterocycles. The van der Waals surface area contributed by atoms with Crippen molar-refractivity contribution < 1.29 is 36.0 Å². The van der Waals surface area contributed by atoms with Gasteiger partial charge in [-0.25, -0.2) is 0 Å². The van der Waals surface area contributed by atoms with Gasteiger partial charge < -0.3 is 9.47 Å². The highest BCUT2D eigenvalue weighted by molar-refractivity contribution is 7.86. The highest BCUT2D eigenvalue weighted by Gasteiger charge is 2.70. The van der Waals surface area contributed by atoms with Crippen molar-refractivity contribution in [1.82, 2.24) is 0 Å². The second kappa shape index (κ2) is 4.43. The lowest BCUT2D eigenvalue weighted by Crippen LogP contribution is -2.58. The van der Waals surface area contributed by atoms with E-state index in [-0.39, 0.29) is 17.4 Å². The van der Waals surface area contributed by atoms with E-state index in [2.05, 4.69) is 4.74 Å². The molecule has 5 rings (SSSR count). The summed E-state index contributed by atoms with van der Waals surface area (Å²) in [6, 6.07) is 0. The van der Waals surface area contributed by atoms with Gasteiger partial charge in [0.25, 0.3) is 0 Å². The summed E-state index contributed by atoms with van der Waals surface area (Å²) in [5, 5.41) is -4.48. The maximum Gasteiger partial charge on any atom is 0.402 e. The zero-order chi connectivity index (χ0) is 16.7. The molecule has 1 spiro atoms. The van der Waals surface area contributed by atoms with E-state index in [0.29, 0.717) is 31.8 Å². The molecule has 0 amide bonds. The van der Waals surface area contributed by atoms with Crippen LogP contribution in [0, 0.1) is 23.2 Å². The van der Waals surface area contributed by atoms with Crippen molar-refractivity contribution in [1.29, 1.82) is 0 Å². The Morgan fingerprint density at radius 1 is 1.26 bits per heavy atom. The number of hydrogen-bond acceptors (Lipinski definition) is 5. The zero-order valence-corrected chi connectivity index (χ0v) is 13.2. The van der Waals surface area contributed by atoms with Gasteiger partial charge in [0.1, 0.15) is 0 Å². The van der Waals surface area contributed by atoms with Gasteiger partial charge in [0.05, 0.1) is 17.6 Å². The molecule has 5 aliphatic rings. The predicted octanol–water partition coefficient (Wildman–Crippen LogP) is 1.61. The Bertz CT molecular complexity index is 638. The van der Waals surface area contributed by atoms with E-state index < -0.39 is 33.4 Å². The Balaban J connectivity index is 1.49. The molecular weight excluding hydrogens is 334 g/mol. The molecule has 0 aromatic carbocycles. The standard InChI is InChI=1S/C14H18F2O6S/c15-14(16,23(18,19)20)7-21-11(17)12-3-8-1-9(4-12)13(6-22-13)10(2-8)5-12/h8-10H,1-7H2,(H,18,19,20). The second-order valence-electron chi connectivity index (χ2n) is 7.56. The molecule has 0 aromatic rings. The minimum Gasteiger partial charge on any atom is -0.458 e. The molecule has 4 bridgehead atoms. The Morgan fingerprint density at radius 3 is 2.30 bits per heavy atom. The zero-order valence-electron chi connectivity index (χ0n) is 12.3. The van der Waals surface area contributed by atoms with Gasteiger partial charge >= 0.3 is 21.3 Å². The SMILES string of the molecule is O=C(OCC(F)(F)S(=O)(=O)O)C12CC3CC(C1)C1(CO1)C(C3)C2. The highest BCUT2D eigenvalue weighted by Crippen LogP contribution is 2.68. The van der Waals surface area contributed by atoms with Crippen LogP contribution in [-0.4, -0.2) is 43.0 Å². The Morgan fingerprint density at radius 2 is 1.83 bits per heavy atom. The number of carbonyl (C=O) groups excluding carboxylic acids is 1. The first-order valence-electron chi connectivity index (χ1n) is 7.74. The summed E-state index contributed by atoms with van der Waals surface area (Å²) in [6.07, 6.45) is 3.69. The van der Waals surface area contributed by atoms with Crippen LogP contribution < -0.4 is 0 Å². The predicted molar refractivity (Wildman–Crippen MR) is 72.1 cm³/mol. The molecule has 2 unspecified atom stereocenters. The minimum absolute atomic E-state index is 0.112. The van der Waals surface area contributed by atoms with Crippen molar-refractivity contribution in [3.8, 4) is 0 Å². The first kappa shape index (κ1) is 15.7. The molecule has 0 aromatic heterocycles. The van der Waals surface area contributed by atoms with Crippen LogP contribution in [0.15, 0.2) is 0 Å². The van der Waals surface area contributed by atoms with E-state index in [9.17, 15) is 22.0 Å². The summed E-state index contributed by atoms with van der Waals surface area (Å²) in [4.78, 5) is 12.4. The highest BCUT2D eigenvalue weighted by atomic mass is 32.2. The summed E-state index contributed by atoms with van der Waals surface area (Å²) in [5.41, 5.74) is -0.915. The van der Waals surface area contributed by atoms with Crippen LogP contribution in [0.5, 0.6) is 0 Å². The lowest BCUT2D eigenvalue weighted by Gasteiger charge is -2.58. The molecule has 9 heteroatoms. The van der Waals surface area contributed by atoms with E-state index in [4.69, 9.17) is 9.29 Å². The summed E-state index contributed by atoms with van der Waals surface area (Å²) < 4.78 is 66.5. The monoisotopic (exact) mass is 352 g/mol. The van der Waals surface area contributed by atoms with Gasteiger partial charge in [-0.05, 0) is 49.9 Å². The van der Waals surface area contributed by atoms with Crippen molar-refractivity contribution in [2.45, 2.75) is 43.0 Å². The normalized spacial score (nSPS) is 44.6. The van der Waals surface area contributed by atoms with E-state index in [0.717, 1.165) is 12.8 Å².